The topological polar surface area (TPSA) is 58.6 Å². The van der Waals surface area contributed by atoms with Crippen LogP contribution in [-0.4, -0.2) is 25.0 Å². The lowest BCUT2D eigenvalue weighted by atomic mass is 9.49. The second-order valence-corrected chi connectivity index (χ2v) is 11.0. The molecule has 5 heteroatoms. The monoisotopic (exact) mass is 410 g/mol. The Hall–Kier alpha value is -2.04. The Balaban J connectivity index is 1.39. The van der Waals surface area contributed by atoms with Crippen molar-refractivity contribution in [2.75, 3.05) is 23.4 Å². The molecule has 0 saturated heterocycles. The minimum absolute atomic E-state index is 0.0912. The number of carbonyl (C=O) groups is 2. The fraction of sp³-hybridized carbons (Fsp3) is 0.680. The maximum Gasteiger partial charge on any atom is 0.236 e. The van der Waals surface area contributed by atoms with Gasteiger partial charge in [0.05, 0.1) is 16.5 Å². The molecule has 4 aliphatic carbocycles. The smallest absolute Gasteiger partial charge is 0.236 e. The van der Waals surface area contributed by atoms with Crippen LogP contribution in [0.3, 0.4) is 0 Å². The molecule has 0 unspecified atom stereocenters. The van der Waals surface area contributed by atoms with E-state index >= 15 is 0 Å². The lowest BCUT2D eigenvalue weighted by Crippen LogP contribution is -2.51. The van der Waals surface area contributed by atoms with Crippen LogP contribution in [0.5, 0.6) is 5.75 Å². The number of fused-ring (bicyclic) bond motifs is 1. The quantitative estimate of drug-likeness (QED) is 0.760. The average molecular weight is 411 g/mol. The van der Waals surface area contributed by atoms with E-state index in [-0.39, 0.29) is 17.2 Å². The Labute approximate surface area is 179 Å². The number of ether oxygens (including phenoxy) is 1. The number of benzene rings is 1. The van der Waals surface area contributed by atoms with Crippen molar-refractivity contribution in [3.05, 3.63) is 18.2 Å². The van der Waals surface area contributed by atoms with Crippen molar-refractivity contribution in [2.24, 2.45) is 28.6 Å². The van der Waals surface area contributed by atoms with E-state index in [1.165, 1.54) is 19.3 Å². The first-order valence-corrected chi connectivity index (χ1v) is 11.7. The summed E-state index contributed by atoms with van der Waals surface area (Å²) in [5, 5.41) is 3.23. The van der Waals surface area contributed by atoms with Crippen LogP contribution in [0.15, 0.2) is 18.2 Å². The van der Waals surface area contributed by atoms with Crippen molar-refractivity contribution < 1.29 is 14.3 Å². The van der Waals surface area contributed by atoms with E-state index < -0.39 is 5.41 Å². The van der Waals surface area contributed by atoms with Gasteiger partial charge in [0.25, 0.3) is 0 Å². The third-order valence-electron chi connectivity index (χ3n) is 7.89. The Morgan fingerprint density at radius 3 is 2.37 bits per heavy atom. The lowest BCUT2D eigenvalue weighted by molar-refractivity contribution is -0.140. The summed E-state index contributed by atoms with van der Waals surface area (Å²) in [6, 6.07) is 5.76. The molecule has 4 bridgehead atoms. The summed E-state index contributed by atoms with van der Waals surface area (Å²) in [6.45, 7) is 6.94. The highest BCUT2D eigenvalue weighted by molar-refractivity contribution is 6.00. The number of hydrogen-bond donors (Lipinski definition) is 1. The summed E-state index contributed by atoms with van der Waals surface area (Å²) >= 11 is 0. The molecule has 0 spiro atoms. The molecule has 0 atom stereocenters. The molecular formula is C25H34N2O3. The first kappa shape index (κ1) is 19.9. The van der Waals surface area contributed by atoms with Gasteiger partial charge < -0.3 is 15.0 Å². The Morgan fingerprint density at radius 1 is 1.13 bits per heavy atom. The summed E-state index contributed by atoms with van der Waals surface area (Å²) in [7, 11) is 0. The van der Waals surface area contributed by atoms with Crippen molar-refractivity contribution in [3.8, 4) is 5.75 Å². The van der Waals surface area contributed by atoms with Crippen molar-refractivity contribution in [2.45, 2.75) is 65.7 Å². The molecule has 0 radical (unpaired) electrons. The molecule has 1 aliphatic heterocycles. The summed E-state index contributed by atoms with van der Waals surface area (Å²) in [4.78, 5) is 28.3. The number of amides is 2. The molecule has 6 rings (SSSR count). The van der Waals surface area contributed by atoms with Crippen molar-refractivity contribution in [3.63, 3.8) is 0 Å². The van der Waals surface area contributed by atoms with E-state index in [1.54, 1.807) is 0 Å². The summed E-state index contributed by atoms with van der Waals surface area (Å²) in [6.07, 6.45) is 8.03. The molecule has 4 saturated carbocycles. The van der Waals surface area contributed by atoms with Gasteiger partial charge in [-0.1, -0.05) is 6.92 Å². The van der Waals surface area contributed by atoms with Gasteiger partial charge in [-0.15, -0.1) is 0 Å². The fourth-order valence-corrected chi connectivity index (χ4v) is 6.82. The summed E-state index contributed by atoms with van der Waals surface area (Å²) in [5.41, 5.74) is 0.837. The molecule has 4 fully saturated rings. The van der Waals surface area contributed by atoms with Crippen LogP contribution < -0.4 is 15.0 Å². The van der Waals surface area contributed by atoms with E-state index in [0.29, 0.717) is 18.9 Å². The largest absolute Gasteiger partial charge is 0.490 e. The normalized spacial score (nSPS) is 33.6. The Kier molecular flexibility index (Phi) is 4.64. The molecule has 5 aliphatic rings. The Bertz CT molecular complexity index is 840. The zero-order valence-electron chi connectivity index (χ0n) is 18.5. The van der Waals surface area contributed by atoms with Gasteiger partial charge in [0.2, 0.25) is 11.8 Å². The molecular weight excluding hydrogens is 376 g/mol. The van der Waals surface area contributed by atoms with Gasteiger partial charge in [-0.25, -0.2) is 0 Å². The minimum Gasteiger partial charge on any atom is -0.490 e. The summed E-state index contributed by atoms with van der Waals surface area (Å²) < 4.78 is 6.07. The maximum atomic E-state index is 13.4. The van der Waals surface area contributed by atoms with Crippen molar-refractivity contribution in [1.82, 2.24) is 0 Å². The maximum absolute atomic E-state index is 13.4. The van der Waals surface area contributed by atoms with E-state index in [0.717, 1.165) is 54.8 Å². The third kappa shape index (κ3) is 3.21. The molecule has 1 N–H and O–H groups in total. The SMILES string of the molecule is CCCN1C(=O)C(C)(C)COc2cc(NC(=O)C34CC5CC(CC(C5)C3)C4)ccc21. The zero-order chi connectivity index (χ0) is 21.1. The number of nitrogens with zero attached hydrogens (tertiary/aromatic N) is 1. The number of anilines is 2. The van der Waals surface area contributed by atoms with Crippen LogP contribution in [0.2, 0.25) is 0 Å². The molecule has 5 nitrogen and oxygen atoms in total. The van der Waals surface area contributed by atoms with Crippen LogP contribution in [0.25, 0.3) is 0 Å². The first-order valence-electron chi connectivity index (χ1n) is 11.7. The van der Waals surface area contributed by atoms with Gasteiger partial charge >= 0.3 is 0 Å². The average Bonchev–Trinajstić information content (AvgIpc) is 2.77. The predicted molar refractivity (Wildman–Crippen MR) is 118 cm³/mol. The van der Waals surface area contributed by atoms with Gasteiger partial charge in [-0.2, -0.15) is 0 Å². The van der Waals surface area contributed by atoms with Gasteiger partial charge in [-0.3, -0.25) is 9.59 Å². The molecule has 1 aromatic rings. The summed E-state index contributed by atoms with van der Waals surface area (Å²) in [5.74, 6) is 3.20. The van der Waals surface area contributed by atoms with Gasteiger partial charge in [-0.05, 0) is 88.7 Å². The first-order chi connectivity index (χ1) is 14.3. The van der Waals surface area contributed by atoms with E-state index in [9.17, 15) is 9.59 Å². The third-order valence-corrected chi connectivity index (χ3v) is 7.89. The number of hydrogen-bond acceptors (Lipinski definition) is 3. The van der Waals surface area contributed by atoms with Crippen LogP contribution in [-0.2, 0) is 9.59 Å². The molecule has 0 aromatic heterocycles. The number of rotatable bonds is 4. The highest BCUT2D eigenvalue weighted by Crippen LogP contribution is 2.60. The van der Waals surface area contributed by atoms with Gasteiger partial charge in [0, 0.05) is 18.3 Å². The standard InChI is InChI=1S/C25H34N2O3/c1-4-7-27-20-6-5-19(11-21(20)30-15-24(2,3)23(27)29)26-22(28)25-12-16-8-17(13-25)10-18(9-16)14-25/h5-6,11,16-18H,4,7-10,12-15H2,1-3H3,(H,26,28). The molecule has 162 valence electrons. The van der Waals surface area contributed by atoms with Crippen LogP contribution >= 0.6 is 0 Å². The predicted octanol–water partition coefficient (Wildman–Crippen LogP) is 5.00. The van der Waals surface area contributed by atoms with Gasteiger partial charge in [0.1, 0.15) is 12.4 Å². The second kappa shape index (κ2) is 7.00. The molecule has 30 heavy (non-hydrogen) atoms. The number of carbonyl (C=O) groups excluding carboxylic acids is 2. The van der Waals surface area contributed by atoms with Gasteiger partial charge in [0.15, 0.2) is 0 Å². The number of nitrogens with one attached hydrogen (secondary N) is 1. The molecule has 2 amide bonds. The fourth-order valence-electron chi connectivity index (χ4n) is 6.82. The van der Waals surface area contributed by atoms with Crippen LogP contribution in [0.1, 0.15) is 65.7 Å². The van der Waals surface area contributed by atoms with Crippen LogP contribution in [0.4, 0.5) is 11.4 Å². The highest BCUT2D eigenvalue weighted by Gasteiger charge is 2.54. The van der Waals surface area contributed by atoms with E-state index in [2.05, 4.69) is 12.2 Å². The lowest BCUT2D eigenvalue weighted by Gasteiger charge is -2.55. The minimum atomic E-state index is -0.573. The zero-order valence-corrected chi connectivity index (χ0v) is 18.5. The van der Waals surface area contributed by atoms with Crippen molar-refractivity contribution >= 4 is 23.2 Å². The van der Waals surface area contributed by atoms with Crippen LogP contribution in [0, 0.1) is 28.6 Å². The van der Waals surface area contributed by atoms with E-state index in [4.69, 9.17) is 4.74 Å². The second-order valence-electron chi connectivity index (χ2n) is 11.0. The Morgan fingerprint density at radius 2 is 1.77 bits per heavy atom. The molecule has 1 heterocycles. The highest BCUT2D eigenvalue weighted by atomic mass is 16.5. The van der Waals surface area contributed by atoms with E-state index in [1.807, 2.05) is 36.9 Å². The van der Waals surface area contributed by atoms with Crippen molar-refractivity contribution in [1.29, 1.82) is 0 Å². The molecule has 1 aromatic carbocycles.